The van der Waals surface area contributed by atoms with E-state index in [0.29, 0.717) is 0 Å². The van der Waals surface area contributed by atoms with Gasteiger partial charge in [-0.1, -0.05) is 11.6 Å². The van der Waals surface area contributed by atoms with E-state index in [-0.39, 0.29) is 22.7 Å². The van der Waals surface area contributed by atoms with Crippen LogP contribution in [0, 0.1) is 0 Å². The van der Waals surface area contributed by atoms with Crippen molar-refractivity contribution in [1.82, 2.24) is 9.97 Å². The van der Waals surface area contributed by atoms with Gasteiger partial charge in [-0.2, -0.15) is 0 Å². The van der Waals surface area contributed by atoms with Crippen molar-refractivity contribution in [3.63, 3.8) is 0 Å². The Morgan fingerprint density at radius 2 is 2.13 bits per heavy atom. The van der Waals surface area contributed by atoms with E-state index in [0.717, 1.165) is 0 Å². The van der Waals surface area contributed by atoms with E-state index in [1.54, 1.807) is 0 Å². The van der Waals surface area contributed by atoms with Crippen LogP contribution in [0.1, 0.15) is 24.2 Å². The van der Waals surface area contributed by atoms with Crippen molar-refractivity contribution in [3.8, 4) is 5.88 Å². The molecule has 0 bridgehead atoms. The van der Waals surface area contributed by atoms with E-state index in [2.05, 4.69) is 14.7 Å². The lowest BCUT2D eigenvalue weighted by Gasteiger charge is -2.11. The van der Waals surface area contributed by atoms with Gasteiger partial charge >= 0.3 is 5.97 Å². The first-order valence-electron chi connectivity index (χ1n) is 4.31. The zero-order valence-electron chi connectivity index (χ0n) is 8.65. The van der Waals surface area contributed by atoms with Crippen LogP contribution >= 0.6 is 11.6 Å². The number of hydrogen-bond donors (Lipinski definition) is 0. The van der Waals surface area contributed by atoms with E-state index >= 15 is 0 Å². The molecule has 0 aliphatic rings. The first-order valence-corrected chi connectivity index (χ1v) is 4.69. The predicted molar refractivity (Wildman–Crippen MR) is 54.1 cm³/mol. The zero-order chi connectivity index (χ0) is 11.4. The Morgan fingerprint density at radius 3 is 2.67 bits per heavy atom. The molecular formula is C9H11ClN2O3. The topological polar surface area (TPSA) is 61.3 Å². The molecule has 0 aliphatic heterocycles. The average Bonchev–Trinajstić information content (AvgIpc) is 2.16. The van der Waals surface area contributed by atoms with Crippen molar-refractivity contribution in [3.05, 3.63) is 17.0 Å². The number of ether oxygens (including phenoxy) is 2. The summed E-state index contributed by atoms with van der Waals surface area (Å²) in [6.07, 6.45) is 1.12. The molecule has 1 aromatic rings. The second-order valence-corrected chi connectivity index (χ2v) is 3.36. The van der Waals surface area contributed by atoms with E-state index < -0.39 is 5.97 Å². The third-order valence-electron chi connectivity index (χ3n) is 1.50. The summed E-state index contributed by atoms with van der Waals surface area (Å²) in [7, 11) is 1.25. The second-order valence-electron chi connectivity index (χ2n) is 3.00. The van der Waals surface area contributed by atoms with Crippen LogP contribution in [-0.4, -0.2) is 29.2 Å². The lowest BCUT2D eigenvalue weighted by Crippen LogP contribution is -2.13. The molecule has 0 saturated carbocycles. The summed E-state index contributed by atoms with van der Waals surface area (Å²) < 4.78 is 9.87. The van der Waals surface area contributed by atoms with Gasteiger partial charge in [-0.05, 0) is 13.8 Å². The number of nitrogens with zero attached hydrogens (tertiary/aromatic N) is 2. The number of methoxy groups -OCH3 is 1. The highest BCUT2D eigenvalue weighted by Gasteiger charge is 2.20. The molecule has 1 rings (SSSR count). The molecule has 1 aromatic heterocycles. The average molecular weight is 231 g/mol. The summed E-state index contributed by atoms with van der Waals surface area (Å²) in [5.74, 6) is -0.479. The highest BCUT2D eigenvalue weighted by atomic mass is 35.5. The Bertz CT molecular complexity index is 368. The van der Waals surface area contributed by atoms with E-state index in [4.69, 9.17) is 16.3 Å². The van der Waals surface area contributed by atoms with Crippen LogP contribution in [0.4, 0.5) is 0 Å². The van der Waals surface area contributed by atoms with E-state index in [1.165, 1.54) is 13.4 Å². The fourth-order valence-electron chi connectivity index (χ4n) is 0.936. The minimum Gasteiger partial charge on any atom is -0.474 e. The third kappa shape index (κ3) is 2.79. The minimum atomic E-state index is -0.615. The smallest absolute Gasteiger partial charge is 0.346 e. The van der Waals surface area contributed by atoms with Gasteiger partial charge in [-0.15, -0.1) is 0 Å². The van der Waals surface area contributed by atoms with Crippen molar-refractivity contribution in [2.45, 2.75) is 20.0 Å². The number of carbonyl (C=O) groups is 1. The zero-order valence-corrected chi connectivity index (χ0v) is 9.41. The minimum absolute atomic E-state index is 0.0208. The van der Waals surface area contributed by atoms with Crippen LogP contribution < -0.4 is 4.74 Å². The number of rotatable bonds is 3. The van der Waals surface area contributed by atoms with Gasteiger partial charge < -0.3 is 9.47 Å². The molecule has 0 fully saturated rings. The largest absolute Gasteiger partial charge is 0.474 e. The van der Waals surface area contributed by atoms with E-state index in [9.17, 15) is 4.79 Å². The van der Waals surface area contributed by atoms with Gasteiger partial charge in [0.25, 0.3) is 0 Å². The van der Waals surface area contributed by atoms with Gasteiger partial charge in [0, 0.05) is 0 Å². The summed E-state index contributed by atoms with van der Waals surface area (Å²) in [5.41, 5.74) is 0.0513. The van der Waals surface area contributed by atoms with Gasteiger partial charge in [-0.25, -0.2) is 14.8 Å². The van der Waals surface area contributed by atoms with Crippen LogP contribution in [0.5, 0.6) is 5.88 Å². The van der Waals surface area contributed by atoms with Crippen LogP contribution in [0.2, 0.25) is 5.15 Å². The maximum atomic E-state index is 11.4. The lowest BCUT2D eigenvalue weighted by atomic mass is 10.3. The van der Waals surface area contributed by atoms with Crippen LogP contribution in [0.3, 0.4) is 0 Å². The molecule has 0 unspecified atom stereocenters. The first-order chi connectivity index (χ1) is 7.06. The molecule has 1 heterocycles. The molecule has 0 saturated heterocycles. The van der Waals surface area contributed by atoms with Crippen molar-refractivity contribution in [2.75, 3.05) is 7.11 Å². The van der Waals surface area contributed by atoms with Gasteiger partial charge in [0.05, 0.1) is 13.2 Å². The third-order valence-corrected chi connectivity index (χ3v) is 1.79. The standard InChI is InChI=1S/C9H11ClN2O3/c1-5(2)15-8-6(9(13)14-3)7(10)11-4-12-8/h4-5H,1-3H3. The molecule has 0 radical (unpaired) electrons. The van der Waals surface area contributed by atoms with Gasteiger partial charge in [0.15, 0.2) is 10.7 Å². The fraction of sp³-hybridized carbons (Fsp3) is 0.444. The van der Waals surface area contributed by atoms with Crippen LogP contribution in [0.25, 0.3) is 0 Å². The molecule has 5 nitrogen and oxygen atoms in total. The number of carbonyl (C=O) groups excluding carboxylic acids is 1. The van der Waals surface area contributed by atoms with Crippen molar-refractivity contribution < 1.29 is 14.3 Å². The maximum Gasteiger partial charge on any atom is 0.346 e. The molecule has 82 valence electrons. The monoisotopic (exact) mass is 230 g/mol. The quantitative estimate of drug-likeness (QED) is 0.584. The predicted octanol–water partition coefficient (Wildman–Crippen LogP) is 1.70. The number of halogens is 1. The summed E-state index contributed by atoms with van der Waals surface area (Å²) >= 11 is 5.75. The highest BCUT2D eigenvalue weighted by Crippen LogP contribution is 2.23. The molecular weight excluding hydrogens is 220 g/mol. The second kappa shape index (κ2) is 4.93. The Kier molecular flexibility index (Phi) is 3.85. The number of aromatic nitrogens is 2. The Labute approximate surface area is 92.4 Å². The number of hydrogen-bond acceptors (Lipinski definition) is 5. The maximum absolute atomic E-state index is 11.4. The van der Waals surface area contributed by atoms with Crippen molar-refractivity contribution in [2.24, 2.45) is 0 Å². The lowest BCUT2D eigenvalue weighted by molar-refractivity contribution is 0.0592. The molecule has 15 heavy (non-hydrogen) atoms. The molecule has 0 N–H and O–H groups in total. The first kappa shape index (κ1) is 11.7. The van der Waals surface area contributed by atoms with Gasteiger partial charge in [-0.3, -0.25) is 0 Å². The van der Waals surface area contributed by atoms with Crippen LogP contribution in [-0.2, 0) is 4.74 Å². The van der Waals surface area contributed by atoms with Crippen molar-refractivity contribution >= 4 is 17.6 Å². The fourth-order valence-corrected chi connectivity index (χ4v) is 1.14. The summed E-state index contributed by atoms with van der Waals surface area (Å²) in [6, 6.07) is 0. The Morgan fingerprint density at radius 1 is 1.47 bits per heavy atom. The Hall–Kier alpha value is -1.36. The van der Waals surface area contributed by atoms with Crippen LogP contribution in [0.15, 0.2) is 6.33 Å². The molecule has 0 spiro atoms. The summed E-state index contributed by atoms with van der Waals surface area (Å²) in [4.78, 5) is 18.9. The highest BCUT2D eigenvalue weighted by molar-refractivity contribution is 6.32. The molecule has 0 aromatic carbocycles. The molecule has 0 amide bonds. The summed E-state index contributed by atoms with van der Waals surface area (Å²) in [6.45, 7) is 3.63. The van der Waals surface area contributed by atoms with Gasteiger partial charge in [0.2, 0.25) is 5.88 Å². The normalized spacial score (nSPS) is 10.2. The SMILES string of the molecule is COC(=O)c1c(Cl)ncnc1OC(C)C. The molecule has 0 atom stereocenters. The number of esters is 1. The molecule has 0 aliphatic carbocycles. The molecule has 6 heteroatoms. The summed E-state index contributed by atoms with van der Waals surface area (Å²) in [5, 5.41) is 0.0208. The van der Waals surface area contributed by atoms with Gasteiger partial charge in [0.1, 0.15) is 6.33 Å². The van der Waals surface area contributed by atoms with Crippen molar-refractivity contribution in [1.29, 1.82) is 0 Å². The Balaban J connectivity index is 3.14. The van der Waals surface area contributed by atoms with E-state index in [1.807, 2.05) is 13.8 Å².